The maximum absolute atomic E-state index is 13.5. The summed E-state index contributed by atoms with van der Waals surface area (Å²) in [4.78, 5) is 13.9. The first-order valence-corrected chi connectivity index (χ1v) is 7.70. The molecule has 1 aromatic rings. The Hall–Kier alpha value is -1.93. The third-order valence-corrected chi connectivity index (χ3v) is 3.12. The smallest absolute Gasteiger partial charge is 0.279 e. The monoisotopic (exact) mass is 342 g/mol. The molecule has 0 aliphatic rings. The number of halogens is 1. The minimum atomic E-state index is -0.865. The van der Waals surface area contributed by atoms with Crippen LogP contribution in [0.5, 0.6) is 5.75 Å². The highest BCUT2D eigenvalue weighted by Gasteiger charge is 2.16. The van der Waals surface area contributed by atoms with Crippen molar-refractivity contribution in [1.29, 1.82) is 0 Å². The molecule has 0 aromatic heterocycles. The second-order valence-electron chi connectivity index (χ2n) is 5.22. The van der Waals surface area contributed by atoms with Crippen molar-refractivity contribution in [3.05, 3.63) is 30.1 Å². The number of thiocarbonyl (C=S) groups is 1. The summed E-state index contributed by atoms with van der Waals surface area (Å²) in [5.74, 6) is -0.941. The number of hydrogen-bond acceptors (Lipinski definition) is 4. The average Bonchev–Trinajstić information content (AvgIpc) is 2.51. The highest BCUT2D eigenvalue weighted by atomic mass is 32.1. The number of nitrogens with one attached hydrogen (secondary N) is 3. The van der Waals surface area contributed by atoms with Gasteiger partial charge in [0.25, 0.3) is 5.91 Å². The number of benzene rings is 1. The van der Waals surface area contributed by atoms with Gasteiger partial charge in [-0.1, -0.05) is 12.1 Å². The molecule has 6 nitrogen and oxygen atoms in total. The van der Waals surface area contributed by atoms with E-state index in [9.17, 15) is 9.18 Å². The number of carbonyl (C=O) groups excluding carboxylic acids is 1. The number of para-hydroxylation sites is 1. The predicted molar refractivity (Wildman–Crippen MR) is 91.5 cm³/mol. The summed E-state index contributed by atoms with van der Waals surface area (Å²) in [5, 5.41) is 3.28. The first-order chi connectivity index (χ1) is 10.9. The second kappa shape index (κ2) is 9.96. The largest absolute Gasteiger partial charge is 0.478 e. The van der Waals surface area contributed by atoms with Gasteiger partial charge in [0.15, 0.2) is 22.8 Å². The summed E-state index contributed by atoms with van der Waals surface area (Å²) in [5.41, 5.74) is 5.01. The van der Waals surface area contributed by atoms with Crippen LogP contribution in [0.1, 0.15) is 13.3 Å². The Morgan fingerprint density at radius 2 is 2.04 bits per heavy atom. The number of carbonyl (C=O) groups is 1. The predicted octanol–water partition coefficient (Wildman–Crippen LogP) is 1.04. The van der Waals surface area contributed by atoms with Crippen molar-refractivity contribution in [2.24, 2.45) is 0 Å². The second-order valence-corrected chi connectivity index (χ2v) is 5.63. The molecule has 1 rings (SSSR count). The number of ether oxygens (including phenoxy) is 1. The van der Waals surface area contributed by atoms with Crippen molar-refractivity contribution in [2.45, 2.75) is 19.4 Å². The lowest BCUT2D eigenvalue weighted by Gasteiger charge is -2.17. The summed E-state index contributed by atoms with van der Waals surface area (Å²) >= 11 is 5.04. The van der Waals surface area contributed by atoms with Crippen molar-refractivity contribution in [1.82, 2.24) is 21.1 Å². The number of hydrogen-bond donors (Lipinski definition) is 3. The van der Waals surface area contributed by atoms with Crippen molar-refractivity contribution < 1.29 is 13.9 Å². The van der Waals surface area contributed by atoms with Gasteiger partial charge in [-0.25, -0.2) is 4.39 Å². The van der Waals surface area contributed by atoms with Gasteiger partial charge in [0.2, 0.25) is 0 Å². The van der Waals surface area contributed by atoms with Crippen LogP contribution < -0.4 is 20.9 Å². The average molecular weight is 342 g/mol. The van der Waals surface area contributed by atoms with Gasteiger partial charge in [-0.3, -0.25) is 15.6 Å². The van der Waals surface area contributed by atoms with Crippen LogP contribution in [0.15, 0.2) is 24.3 Å². The van der Waals surface area contributed by atoms with Crippen LogP contribution in [0.2, 0.25) is 0 Å². The number of amides is 1. The molecule has 1 amide bonds. The molecule has 1 atom stereocenters. The van der Waals surface area contributed by atoms with E-state index in [-0.39, 0.29) is 5.75 Å². The van der Waals surface area contributed by atoms with Crippen molar-refractivity contribution in [3.63, 3.8) is 0 Å². The lowest BCUT2D eigenvalue weighted by molar-refractivity contribution is -0.127. The molecule has 0 aliphatic heterocycles. The quantitative estimate of drug-likeness (QED) is 0.391. The van der Waals surface area contributed by atoms with Crippen LogP contribution in [0.25, 0.3) is 0 Å². The van der Waals surface area contributed by atoms with Gasteiger partial charge >= 0.3 is 0 Å². The standard InChI is InChI=1S/C15H23FN4O2S/c1-11(22-13-8-5-4-7-12(13)16)14(21)18-19-15(23)17-9-6-10-20(2)3/h4-5,7-8,11H,6,9-10H2,1-3H3,(H,18,21)(H2,17,19,23)/t11-/m0/s1. The number of hydrazine groups is 1. The molecular weight excluding hydrogens is 319 g/mol. The van der Waals surface area contributed by atoms with E-state index in [0.717, 1.165) is 13.0 Å². The lowest BCUT2D eigenvalue weighted by Crippen LogP contribution is -2.50. The fourth-order valence-electron chi connectivity index (χ4n) is 1.65. The van der Waals surface area contributed by atoms with Crippen molar-refractivity contribution >= 4 is 23.2 Å². The molecule has 3 N–H and O–H groups in total. The van der Waals surface area contributed by atoms with E-state index in [1.54, 1.807) is 12.1 Å². The van der Waals surface area contributed by atoms with Crippen LogP contribution in [-0.2, 0) is 4.79 Å². The molecular formula is C15H23FN4O2S. The highest BCUT2D eigenvalue weighted by molar-refractivity contribution is 7.80. The third kappa shape index (κ3) is 7.75. The Labute approximate surface area is 141 Å². The first-order valence-electron chi connectivity index (χ1n) is 7.29. The summed E-state index contributed by atoms with van der Waals surface area (Å²) in [7, 11) is 3.99. The summed E-state index contributed by atoms with van der Waals surface area (Å²) in [6, 6.07) is 5.91. The van der Waals surface area contributed by atoms with Gasteiger partial charge in [-0.15, -0.1) is 0 Å². The lowest BCUT2D eigenvalue weighted by atomic mass is 10.3. The van der Waals surface area contributed by atoms with E-state index in [4.69, 9.17) is 17.0 Å². The number of rotatable bonds is 7. The van der Waals surface area contributed by atoms with Gasteiger partial charge in [0.05, 0.1) is 0 Å². The van der Waals surface area contributed by atoms with Crippen LogP contribution >= 0.6 is 12.2 Å². The molecule has 0 fully saturated rings. The zero-order valence-corrected chi connectivity index (χ0v) is 14.4. The molecule has 23 heavy (non-hydrogen) atoms. The normalized spacial score (nSPS) is 11.7. The van der Waals surface area contributed by atoms with Crippen LogP contribution in [0, 0.1) is 5.82 Å². The van der Waals surface area contributed by atoms with Crippen molar-refractivity contribution in [2.75, 3.05) is 27.2 Å². The molecule has 0 bridgehead atoms. The fourth-order valence-corrected chi connectivity index (χ4v) is 1.80. The van der Waals surface area contributed by atoms with Crippen LogP contribution in [-0.4, -0.2) is 49.2 Å². The van der Waals surface area contributed by atoms with E-state index in [0.29, 0.717) is 11.7 Å². The van der Waals surface area contributed by atoms with E-state index in [1.165, 1.54) is 19.1 Å². The van der Waals surface area contributed by atoms with Gasteiger partial charge in [0.1, 0.15) is 0 Å². The maximum atomic E-state index is 13.5. The Bertz CT molecular complexity index is 528. The van der Waals surface area contributed by atoms with E-state index >= 15 is 0 Å². The maximum Gasteiger partial charge on any atom is 0.279 e. The molecule has 0 saturated carbocycles. The first kappa shape index (κ1) is 19.1. The Kier molecular flexibility index (Phi) is 8.28. The van der Waals surface area contributed by atoms with Crippen LogP contribution in [0.4, 0.5) is 4.39 Å². The van der Waals surface area contributed by atoms with Crippen LogP contribution in [0.3, 0.4) is 0 Å². The number of nitrogens with zero attached hydrogens (tertiary/aromatic N) is 1. The molecule has 0 saturated heterocycles. The molecule has 1 aromatic carbocycles. The molecule has 8 heteroatoms. The Morgan fingerprint density at radius 1 is 1.35 bits per heavy atom. The minimum Gasteiger partial charge on any atom is -0.478 e. The summed E-state index contributed by atoms with van der Waals surface area (Å²) in [6.07, 6.45) is 0.0613. The van der Waals surface area contributed by atoms with E-state index in [1.807, 2.05) is 14.1 Å². The minimum absolute atomic E-state index is 0.0273. The van der Waals surface area contributed by atoms with Gasteiger partial charge < -0.3 is 15.0 Å². The zero-order chi connectivity index (χ0) is 17.2. The zero-order valence-electron chi connectivity index (χ0n) is 13.6. The summed E-state index contributed by atoms with van der Waals surface area (Å²) < 4.78 is 18.7. The van der Waals surface area contributed by atoms with E-state index < -0.39 is 17.8 Å². The molecule has 0 heterocycles. The molecule has 0 unspecified atom stereocenters. The SMILES string of the molecule is C[C@H](Oc1ccccc1F)C(=O)NNC(=S)NCCCN(C)C. The van der Waals surface area contributed by atoms with Gasteiger partial charge in [0, 0.05) is 6.54 Å². The third-order valence-electron chi connectivity index (χ3n) is 2.88. The highest BCUT2D eigenvalue weighted by Crippen LogP contribution is 2.16. The molecule has 0 aliphatic carbocycles. The molecule has 0 radical (unpaired) electrons. The fraction of sp³-hybridized carbons (Fsp3) is 0.467. The topological polar surface area (TPSA) is 65.6 Å². The molecule has 0 spiro atoms. The van der Waals surface area contributed by atoms with Crippen molar-refractivity contribution in [3.8, 4) is 5.75 Å². The van der Waals surface area contributed by atoms with Gasteiger partial charge in [-0.2, -0.15) is 0 Å². The Balaban J connectivity index is 2.27. The summed E-state index contributed by atoms with van der Waals surface area (Å²) in [6.45, 7) is 3.16. The van der Waals surface area contributed by atoms with Gasteiger partial charge in [-0.05, 0) is 58.3 Å². The Morgan fingerprint density at radius 3 is 2.70 bits per heavy atom. The van der Waals surface area contributed by atoms with E-state index in [2.05, 4.69) is 21.1 Å². The molecule has 128 valence electrons.